The first-order valence-corrected chi connectivity index (χ1v) is 4.86. The van der Waals surface area contributed by atoms with Crippen LogP contribution in [0, 0.1) is 12.7 Å². The second-order valence-electron chi connectivity index (χ2n) is 3.28. The van der Waals surface area contributed by atoms with E-state index in [9.17, 15) is 4.39 Å². The maximum Gasteiger partial charge on any atom is 0.129 e. The molecule has 0 spiro atoms. The molecule has 4 heteroatoms. The van der Waals surface area contributed by atoms with Crippen LogP contribution in [0.4, 0.5) is 4.39 Å². The fourth-order valence-corrected chi connectivity index (χ4v) is 1.64. The SMILES string of the molecule is Cc1ccc(F)c(C(N)CCN)c1Cl. The lowest BCUT2D eigenvalue weighted by Gasteiger charge is -2.14. The molecule has 0 aliphatic heterocycles. The molecular formula is C10H14ClFN2. The van der Waals surface area contributed by atoms with Crippen LogP contribution in [0.5, 0.6) is 0 Å². The van der Waals surface area contributed by atoms with Gasteiger partial charge in [0.05, 0.1) is 5.02 Å². The topological polar surface area (TPSA) is 52.0 Å². The Morgan fingerprint density at radius 1 is 1.50 bits per heavy atom. The van der Waals surface area contributed by atoms with Crippen molar-refractivity contribution in [3.8, 4) is 0 Å². The van der Waals surface area contributed by atoms with E-state index in [1.807, 2.05) is 6.92 Å². The molecule has 0 radical (unpaired) electrons. The molecule has 1 unspecified atom stereocenters. The lowest BCUT2D eigenvalue weighted by atomic mass is 10.0. The number of halogens is 2. The summed E-state index contributed by atoms with van der Waals surface area (Å²) in [4.78, 5) is 0. The molecule has 0 heterocycles. The van der Waals surface area contributed by atoms with Crippen molar-refractivity contribution in [3.63, 3.8) is 0 Å². The Labute approximate surface area is 88.0 Å². The van der Waals surface area contributed by atoms with Gasteiger partial charge in [0.25, 0.3) is 0 Å². The van der Waals surface area contributed by atoms with Gasteiger partial charge in [-0.3, -0.25) is 0 Å². The fraction of sp³-hybridized carbons (Fsp3) is 0.400. The van der Waals surface area contributed by atoms with Gasteiger partial charge in [0.15, 0.2) is 0 Å². The molecule has 78 valence electrons. The van der Waals surface area contributed by atoms with Crippen LogP contribution in [0.25, 0.3) is 0 Å². The van der Waals surface area contributed by atoms with E-state index < -0.39 is 6.04 Å². The molecule has 0 bridgehead atoms. The van der Waals surface area contributed by atoms with Gasteiger partial charge in [-0.05, 0) is 31.5 Å². The molecule has 1 rings (SSSR count). The molecular weight excluding hydrogens is 203 g/mol. The summed E-state index contributed by atoms with van der Waals surface area (Å²) < 4.78 is 13.4. The summed E-state index contributed by atoms with van der Waals surface area (Å²) in [5, 5.41) is 0.408. The second kappa shape index (κ2) is 4.73. The van der Waals surface area contributed by atoms with Gasteiger partial charge >= 0.3 is 0 Å². The molecule has 0 saturated heterocycles. The van der Waals surface area contributed by atoms with Crippen LogP contribution >= 0.6 is 11.6 Å². The summed E-state index contributed by atoms with van der Waals surface area (Å²) in [5.74, 6) is -0.360. The molecule has 0 saturated carbocycles. The van der Waals surface area contributed by atoms with E-state index in [4.69, 9.17) is 23.1 Å². The highest BCUT2D eigenvalue weighted by atomic mass is 35.5. The molecule has 14 heavy (non-hydrogen) atoms. The van der Waals surface area contributed by atoms with Crippen molar-refractivity contribution < 1.29 is 4.39 Å². The highest BCUT2D eigenvalue weighted by Crippen LogP contribution is 2.28. The highest BCUT2D eigenvalue weighted by molar-refractivity contribution is 6.32. The van der Waals surface area contributed by atoms with E-state index in [2.05, 4.69) is 0 Å². The van der Waals surface area contributed by atoms with Gasteiger partial charge in [-0.2, -0.15) is 0 Å². The van der Waals surface area contributed by atoms with Crippen molar-refractivity contribution in [3.05, 3.63) is 34.1 Å². The van der Waals surface area contributed by atoms with E-state index in [1.54, 1.807) is 6.07 Å². The second-order valence-corrected chi connectivity index (χ2v) is 3.65. The third kappa shape index (κ3) is 2.23. The summed E-state index contributed by atoms with van der Waals surface area (Å²) in [6.45, 7) is 2.24. The van der Waals surface area contributed by atoms with Crippen LogP contribution in [0.2, 0.25) is 5.02 Å². The standard InChI is InChI=1S/C10H14ClFN2/c1-6-2-3-7(12)9(10(6)11)8(14)4-5-13/h2-3,8H,4-5,13-14H2,1H3. The van der Waals surface area contributed by atoms with Crippen molar-refractivity contribution in [2.75, 3.05) is 6.54 Å². The van der Waals surface area contributed by atoms with Crippen molar-refractivity contribution in [1.82, 2.24) is 0 Å². The van der Waals surface area contributed by atoms with Gasteiger partial charge in [-0.25, -0.2) is 4.39 Å². The van der Waals surface area contributed by atoms with Crippen LogP contribution < -0.4 is 11.5 Å². The zero-order chi connectivity index (χ0) is 10.7. The number of rotatable bonds is 3. The van der Waals surface area contributed by atoms with Gasteiger partial charge in [0.1, 0.15) is 5.82 Å². The maximum atomic E-state index is 13.4. The van der Waals surface area contributed by atoms with Crippen molar-refractivity contribution >= 4 is 11.6 Å². The molecule has 0 aliphatic carbocycles. The minimum absolute atomic E-state index is 0.360. The third-order valence-electron chi connectivity index (χ3n) is 2.17. The average molecular weight is 217 g/mol. The zero-order valence-electron chi connectivity index (χ0n) is 8.06. The van der Waals surface area contributed by atoms with Gasteiger partial charge in [-0.15, -0.1) is 0 Å². The van der Waals surface area contributed by atoms with Gasteiger partial charge < -0.3 is 11.5 Å². The average Bonchev–Trinajstić information content (AvgIpc) is 2.13. The Bertz CT molecular complexity index is 328. The Morgan fingerprint density at radius 3 is 2.71 bits per heavy atom. The number of nitrogens with two attached hydrogens (primary N) is 2. The Balaban J connectivity index is 3.11. The summed E-state index contributed by atoms with van der Waals surface area (Å²) in [7, 11) is 0. The minimum Gasteiger partial charge on any atom is -0.330 e. The van der Waals surface area contributed by atoms with Gasteiger partial charge in [0.2, 0.25) is 0 Å². The van der Waals surface area contributed by atoms with Gasteiger partial charge in [0, 0.05) is 11.6 Å². The molecule has 1 aromatic carbocycles. The monoisotopic (exact) mass is 216 g/mol. The molecule has 1 atom stereocenters. The molecule has 4 N–H and O–H groups in total. The summed E-state index contributed by atoms with van der Waals surface area (Å²) in [6, 6.07) is 2.59. The summed E-state index contributed by atoms with van der Waals surface area (Å²) in [5.41, 5.74) is 12.3. The molecule has 0 amide bonds. The summed E-state index contributed by atoms with van der Waals surface area (Å²) in [6.07, 6.45) is 0.528. The smallest absolute Gasteiger partial charge is 0.129 e. The molecule has 2 nitrogen and oxygen atoms in total. The molecule has 0 aromatic heterocycles. The quantitative estimate of drug-likeness (QED) is 0.814. The molecule has 1 aromatic rings. The van der Waals surface area contributed by atoms with E-state index >= 15 is 0 Å². The van der Waals surface area contributed by atoms with Crippen LogP contribution in [-0.4, -0.2) is 6.54 Å². The summed E-state index contributed by atoms with van der Waals surface area (Å²) >= 11 is 5.97. The number of hydrogen-bond donors (Lipinski definition) is 2. The van der Waals surface area contributed by atoms with E-state index in [-0.39, 0.29) is 5.82 Å². The number of hydrogen-bond acceptors (Lipinski definition) is 2. The van der Waals surface area contributed by atoms with E-state index in [1.165, 1.54) is 6.07 Å². The lowest BCUT2D eigenvalue weighted by Crippen LogP contribution is -2.17. The highest BCUT2D eigenvalue weighted by Gasteiger charge is 2.15. The number of benzene rings is 1. The third-order valence-corrected chi connectivity index (χ3v) is 2.67. The number of aryl methyl sites for hydroxylation is 1. The van der Waals surface area contributed by atoms with E-state index in [0.29, 0.717) is 23.6 Å². The Morgan fingerprint density at radius 2 is 2.14 bits per heavy atom. The normalized spacial score (nSPS) is 12.9. The Hall–Kier alpha value is -0.640. The molecule has 0 fully saturated rings. The van der Waals surface area contributed by atoms with Crippen LogP contribution in [-0.2, 0) is 0 Å². The first-order valence-electron chi connectivity index (χ1n) is 4.48. The maximum absolute atomic E-state index is 13.4. The predicted molar refractivity (Wildman–Crippen MR) is 56.7 cm³/mol. The minimum atomic E-state index is -0.424. The van der Waals surface area contributed by atoms with Crippen LogP contribution in [0.3, 0.4) is 0 Å². The zero-order valence-corrected chi connectivity index (χ0v) is 8.81. The van der Waals surface area contributed by atoms with Crippen LogP contribution in [0.1, 0.15) is 23.6 Å². The lowest BCUT2D eigenvalue weighted by molar-refractivity contribution is 0.567. The van der Waals surface area contributed by atoms with Gasteiger partial charge in [-0.1, -0.05) is 17.7 Å². The van der Waals surface area contributed by atoms with Crippen molar-refractivity contribution in [2.24, 2.45) is 11.5 Å². The predicted octanol–water partition coefficient (Wildman–Crippen LogP) is 2.14. The fourth-order valence-electron chi connectivity index (χ4n) is 1.34. The van der Waals surface area contributed by atoms with Crippen molar-refractivity contribution in [2.45, 2.75) is 19.4 Å². The van der Waals surface area contributed by atoms with E-state index in [0.717, 1.165) is 5.56 Å². The first kappa shape index (κ1) is 11.4. The molecule has 0 aliphatic rings. The largest absolute Gasteiger partial charge is 0.330 e. The first-order chi connectivity index (χ1) is 6.57. The Kier molecular flexibility index (Phi) is 3.86. The van der Waals surface area contributed by atoms with Crippen LogP contribution in [0.15, 0.2) is 12.1 Å². The van der Waals surface area contributed by atoms with Crippen molar-refractivity contribution in [1.29, 1.82) is 0 Å².